The number of urea groups is 1. The minimum absolute atomic E-state index is 0.204. The van der Waals surface area contributed by atoms with Crippen LogP contribution >= 0.6 is 11.6 Å². The molecule has 1 saturated heterocycles. The SMILES string of the molecule is CC(C)(O)C1CCCN1C(=O)Nc1cccc(Cl)c1-n1cccn1. The number of carbonyl (C=O) groups excluding carboxylic acids is 1. The van der Waals surface area contributed by atoms with Gasteiger partial charge in [0.25, 0.3) is 0 Å². The summed E-state index contributed by atoms with van der Waals surface area (Å²) in [4.78, 5) is 14.4. The maximum atomic E-state index is 12.7. The van der Waals surface area contributed by atoms with Gasteiger partial charge in [0.05, 0.1) is 22.4 Å². The number of nitrogens with zero attached hydrogens (tertiary/aromatic N) is 3. The monoisotopic (exact) mass is 348 g/mol. The molecule has 2 amide bonds. The lowest BCUT2D eigenvalue weighted by Crippen LogP contribution is -2.49. The first-order valence-corrected chi connectivity index (χ1v) is 8.34. The molecule has 128 valence electrons. The molecule has 0 saturated carbocycles. The van der Waals surface area contributed by atoms with E-state index >= 15 is 0 Å². The molecule has 0 radical (unpaired) electrons. The van der Waals surface area contributed by atoms with Gasteiger partial charge < -0.3 is 15.3 Å². The second-order valence-corrected chi connectivity index (χ2v) is 6.93. The number of aliphatic hydroxyl groups is 1. The van der Waals surface area contributed by atoms with Crippen LogP contribution in [0.2, 0.25) is 5.02 Å². The fourth-order valence-corrected chi connectivity index (χ4v) is 3.44. The number of halogens is 1. The number of hydrogen-bond donors (Lipinski definition) is 2. The normalized spacial score (nSPS) is 18.0. The third kappa shape index (κ3) is 3.25. The standard InChI is InChI=1S/C17H21ClN4O2/c1-17(2,24)14-8-4-10-21(14)16(23)20-13-7-3-6-12(18)15(13)22-11-5-9-19-22/h3,5-7,9,11,14,24H,4,8,10H2,1-2H3,(H,20,23). The molecule has 6 nitrogen and oxygen atoms in total. The van der Waals surface area contributed by atoms with E-state index in [0.717, 1.165) is 12.8 Å². The number of para-hydroxylation sites is 1. The maximum absolute atomic E-state index is 12.7. The summed E-state index contributed by atoms with van der Waals surface area (Å²) in [5.41, 5.74) is 0.265. The van der Waals surface area contributed by atoms with Crippen LogP contribution in [0.15, 0.2) is 36.7 Å². The molecule has 3 rings (SSSR count). The summed E-state index contributed by atoms with van der Waals surface area (Å²) in [6.07, 6.45) is 5.09. The lowest BCUT2D eigenvalue weighted by atomic mass is 9.97. The lowest BCUT2D eigenvalue weighted by Gasteiger charge is -2.33. The molecule has 0 spiro atoms. The van der Waals surface area contributed by atoms with Crippen molar-refractivity contribution in [2.45, 2.75) is 38.3 Å². The predicted molar refractivity (Wildman–Crippen MR) is 93.6 cm³/mol. The molecule has 1 aliphatic rings. The molecule has 2 heterocycles. The van der Waals surface area contributed by atoms with Gasteiger partial charge in [-0.25, -0.2) is 9.48 Å². The van der Waals surface area contributed by atoms with Crippen LogP contribution in [0, 0.1) is 0 Å². The number of nitrogens with one attached hydrogen (secondary N) is 1. The van der Waals surface area contributed by atoms with E-state index in [0.29, 0.717) is 22.9 Å². The second kappa shape index (κ2) is 6.45. The second-order valence-electron chi connectivity index (χ2n) is 6.52. The Balaban J connectivity index is 1.87. The summed E-state index contributed by atoms with van der Waals surface area (Å²) < 4.78 is 1.62. The van der Waals surface area contributed by atoms with Crippen LogP contribution in [0.5, 0.6) is 0 Å². The zero-order chi connectivity index (χ0) is 17.3. The maximum Gasteiger partial charge on any atom is 0.322 e. The van der Waals surface area contributed by atoms with Gasteiger partial charge in [-0.05, 0) is 44.9 Å². The Kier molecular flexibility index (Phi) is 4.51. The molecule has 7 heteroatoms. The van der Waals surface area contributed by atoms with Crippen molar-refractivity contribution in [2.75, 3.05) is 11.9 Å². The zero-order valence-corrected chi connectivity index (χ0v) is 14.5. The summed E-state index contributed by atoms with van der Waals surface area (Å²) in [6, 6.07) is 6.67. The van der Waals surface area contributed by atoms with Gasteiger partial charge in [0.15, 0.2) is 0 Å². The molecular weight excluding hydrogens is 328 g/mol. The van der Waals surface area contributed by atoms with Crippen LogP contribution in [0.1, 0.15) is 26.7 Å². The number of hydrogen-bond acceptors (Lipinski definition) is 3. The van der Waals surface area contributed by atoms with Crippen LogP contribution in [-0.4, -0.2) is 44.0 Å². The first-order chi connectivity index (χ1) is 11.4. The van der Waals surface area contributed by atoms with E-state index in [1.807, 2.05) is 0 Å². The topological polar surface area (TPSA) is 70.4 Å². The van der Waals surface area contributed by atoms with Gasteiger partial charge in [-0.3, -0.25) is 0 Å². The largest absolute Gasteiger partial charge is 0.388 e. The number of likely N-dealkylation sites (tertiary alicyclic amines) is 1. The number of benzene rings is 1. The van der Waals surface area contributed by atoms with E-state index in [1.165, 1.54) is 0 Å². The molecule has 1 aromatic heterocycles. The highest BCUT2D eigenvalue weighted by Crippen LogP contribution is 2.30. The molecule has 2 N–H and O–H groups in total. The van der Waals surface area contributed by atoms with E-state index < -0.39 is 5.60 Å². The Hall–Kier alpha value is -2.05. The summed E-state index contributed by atoms with van der Waals surface area (Å²) in [5.74, 6) is 0. The van der Waals surface area contributed by atoms with Crippen LogP contribution in [-0.2, 0) is 0 Å². The van der Waals surface area contributed by atoms with Crippen molar-refractivity contribution in [3.05, 3.63) is 41.7 Å². The minimum Gasteiger partial charge on any atom is -0.388 e. The Morgan fingerprint density at radius 1 is 1.42 bits per heavy atom. The summed E-state index contributed by atoms with van der Waals surface area (Å²) >= 11 is 6.30. The molecule has 0 aliphatic carbocycles. The molecule has 2 aromatic rings. The number of rotatable bonds is 3. The first-order valence-electron chi connectivity index (χ1n) is 7.96. The van der Waals surface area contributed by atoms with Crippen molar-refractivity contribution >= 4 is 23.3 Å². The average molecular weight is 349 g/mol. The average Bonchev–Trinajstić information content (AvgIpc) is 3.18. The van der Waals surface area contributed by atoms with Crippen LogP contribution < -0.4 is 5.32 Å². The van der Waals surface area contributed by atoms with Gasteiger partial charge >= 0.3 is 6.03 Å². The fourth-order valence-electron chi connectivity index (χ4n) is 3.18. The smallest absolute Gasteiger partial charge is 0.322 e. The van der Waals surface area contributed by atoms with Gasteiger partial charge in [0, 0.05) is 18.9 Å². The third-order valence-electron chi connectivity index (χ3n) is 4.29. The molecule has 1 aromatic carbocycles. The van der Waals surface area contributed by atoms with Crippen molar-refractivity contribution < 1.29 is 9.90 Å². The number of aromatic nitrogens is 2. The van der Waals surface area contributed by atoms with Crippen molar-refractivity contribution in [1.29, 1.82) is 0 Å². The van der Waals surface area contributed by atoms with Crippen molar-refractivity contribution in [1.82, 2.24) is 14.7 Å². The Labute approximate surface area is 146 Å². The van der Waals surface area contributed by atoms with Gasteiger partial charge in [-0.15, -0.1) is 0 Å². The first kappa shape index (κ1) is 16.8. The van der Waals surface area contributed by atoms with Crippen LogP contribution in [0.3, 0.4) is 0 Å². The summed E-state index contributed by atoms with van der Waals surface area (Å²) in [6.45, 7) is 4.09. The molecule has 1 aliphatic heterocycles. The third-order valence-corrected chi connectivity index (χ3v) is 4.60. The highest BCUT2D eigenvalue weighted by atomic mass is 35.5. The van der Waals surface area contributed by atoms with Gasteiger partial charge in [-0.2, -0.15) is 5.10 Å². The Morgan fingerprint density at radius 3 is 2.88 bits per heavy atom. The van der Waals surface area contributed by atoms with Gasteiger partial charge in [0.2, 0.25) is 0 Å². The fraction of sp³-hybridized carbons (Fsp3) is 0.412. The zero-order valence-electron chi connectivity index (χ0n) is 13.7. The predicted octanol–water partition coefficient (Wildman–Crippen LogP) is 3.29. The minimum atomic E-state index is -0.938. The molecular formula is C17H21ClN4O2. The van der Waals surface area contributed by atoms with Crippen molar-refractivity contribution in [3.63, 3.8) is 0 Å². The number of amides is 2. The van der Waals surface area contributed by atoms with Crippen molar-refractivity contribution in [2.24, 2.45) is 0 Å². The van der Waals surface area contributed by atoms with Crippen molar-refractivity contribution in [3.8, 4) is 5.69 Å². The molecule has 1 unspecified atom stereocenters. The molecule has 0 bridgehead atoms. The highest BCUT2D eigenvalue weighted by Gasteiger charge is 2.38. The molecule has 1 atom stereocenters. The highest BCUT2D eigenvalue weighted by molar-refractivity contribution is 6.33. The van der Waals surface area contributed by atoms with E-state index in [9.17, 15) is 9.90 Å². The van der Waals surface area contributed by atoms with Crippen LogP contribution in [0.25, 0.3) is 5.69 Å². The molecule has 1 fully saturated rings. The lowest BCUT2D eigenvalue weighted by molar-refractivity contribution is 0.0117. The van der Waals surface area contributed by atoms with Crippen LogP contribution in [0.4, 0.5) is 10.5 Å². The van der Waals surface area contributed by atoms with E-state index in [2.05, 4.69) is 10.4 Å². The Bertz CT molecular complexity index is 725. The van der Waals surface area contributed by atoms with Gasteiger partial charge in [0.1, 0.15) is 5.69 Å². The number of carbonyl (C=O) groups is 1. The van der Waals surface area contributed by atoms with E-state index in [-0.39, 0.29) is 12.1 Å². The quantitative estimate of drug-likeness (QED) is 0.894. The summed E-state index contributed by atoms with van der Waals surface area (Å²) in [7, 11) is 0. The summed E-state index contributed by atoms with van der Waals surface area (Å²) in [5, 5.41) is 17.9. The molecule has 24 heavy (non-hydrogen) atoms. The van der Waals surface area contributed by atoms with E-state index in [1.54, 1.807) is 60.1 Å². The Morgan fingerprint density at radius 2 is 2.21 bits per heavy atom. The van der Waals surface area contributed by atoms with Gasteiger partial charge in [-0.1, -0.05) is 17.7 Å². The number of anilines is 1. The van der Waals surface area contributed by atoms with E-state index in [4.69, 9.17) is 11.6 Å².